The van der Waals surface area contributed by atoms with Crippen LogP contribution in [0.4, 0.5) is 13.2 Å². The van der Waals surface area contributed by atoms with Gasteiger partial charge in [-0.15, -0.1) is 13.2 Å². The third kappa shape index (κ3) is 4.18. The number of methoxy groups -OCH3 is 1. The molecule has 0 spiro atoms. The van der Waals surface area contributed by atoms with Gasteiger partial charge in [0.2, 0.25) is 0 Å². The lowest BCUT2D eigenvalue weighted by Gasteiger charge is -2.16. The molecule has 0 heterocycles. The van der Waals surface area contributed by atoms with Gasteiger partial charge in [-0.25, -0.2) is 4.79 Å². The van der Waals surface area contributed by atoms with Gasteiger partial charge in [-0.1, -0.05) is 18.2 Å². The first-order valence-corrected chi connectivity index (χ1v) is 7.06. The summed E-state index contributed by atoms with van der Waals surface area (Å²) in [5.41, 5.74) is 0.648. The zero-order valence-electron chi connectivity index (χ0n) is 13.0. The monoisotopic (exact) mass is 340 g/mol. The number of para-hydroxylation sites is 1. The van der Waals surface area contributed by atoms with Crippen molar-refractivity contribution in [2.24, 2.45) is 0 Å². The number of carbonyl (C=O) groups excluding carboxylic acids is 1. The molecule has 0 aliphatic rings. The highest BCUT2D eigenvalue weighted by Crippen LogP contribution is 2.39. The fourth-order valence-corrected chi connectivity index (χ4v) is 2.16. The van der Waals surface area contributed by atoms with Crippen molar-refractivity contribution < 1.29 is 32.2 Å². The van der Waals surface area contributed by atoms with Crippen LogP contribution in [0.1, 0.15) is 17.3 Å². The van der Waals surface area contributed by atoms with Crippen LogP contribution < -0.4 is 9.47 Å². The average molecular weight is 340 g/mol. The molecule has 0 amide bonds. The lowest BCUT2D eigenvalue weighted by atomic mass is 10.0. The maximum Gasteiger partial charge on any atom is 0.573 e. The number of alkyl halides is 3. The Balaban J connectivity index is 2.55. The lowest BCUT2D eigenvalue weighted by molar-refractivity contribution is -0.274. The van der Waals surface area contributed by atoms with Gasteiger partial charge in [-0.3, -0.25) is 0 Å². The molecule has 2 aromatic rings. The standard InChI is InChI=1S/C17H15F3O4/c1-3-23-16(21)11-8-9-14(22-2)13(10-11)12-6-4-5-7-15(12)24-17(18,19)20/h4-10H,3H2,1-2H3. The maximum absolute atomic E-state index is 12.6. The summed E-state index contributed by atoms with van der Waals surface area (Å²) < 4.78 is 52.0. The molecule has 2 aromatic carbocycles. The fraction of sp³-hybridized carbons (Fsp3) is 0.235. The van der Waals surface area contributed by atoms with Crippen LogP contribution in [0.3, 0.4) is 0 Å². The first kappa shape index (κ1) is 17.7. The van der Waals surface area contributed by atoms with Crippen LogP contribution in [-0.4, -0.2) is 26.0 Å². The topological polar surface area (TPSA) is 44.8 Å². The van der Waals surface area contributed by atoms with Crippen molar-refractivity contribution in [1.29, 1.82) is 0 Å². The number of rotatable bonds is 5. The molecule has 0 aromatic heterocycles. The second-order valence-corrected chi connectivity index (χ2v) is 4.68. The quantitative estimate of drug-likeness (QED) is 0.755. The molecular weight excluding hydrogens is 325 g/mol. The van der Waals surface area contributed by atoms with E-state index >= 15 is 0 Å². The van der Waals surface area contributed by atoms with Crippen molar-refractivity contribution in [3.05, 3.63) is 48.0 Å². The minimum Gasteiger partial charge on any atom is -0.496 e. The van der Waals surface area contributed by atoms with Crippen molar-refractivity contribution in [1.82, 2.24) is 0 Å². The fourth-order valence-electron chi connectivity index (χ4n) is 2.16. The van der Waals surface area contributed by atoms with Crippen LogP contribution in [0, 0.1) is 0 Å². The molecule has 0 bridgehead atoms. The number of esters is 1. The number of halogens is 3. The van der Waals surface area contributed by atoms with Crippen LogP contribution >= 0.6 is 0 Å². The van der Waals surface area contributed by atoms with Gasteiger partial charge < -0.3 is 14.2 Å². The summed E-state index contributed by atoms with van der Waals surface area (Å²) in [4.78, 5) is 11.9. The summed E-state index contributed by atoms with van der Waals surface area (Å²) in [6, 6.07) is 10.0. The number of carbonyl (C=O) groups is 1. The van der Waals surface area contributed by atoms with Crippen molar-refractivity contribution in [2.75, 3.05) is 13.7 Å². The van der Waals surface area contributed by atoms with E-state index in [1.807, 2.05) is 0 Å². The second-order valence-electron chi connectivity index (χ2n) is 4.68. The van der Waals surface area contributed by atoms with E-state index in [0.717, 1.165) is 0 Å². The first-order chi connectivity index (χ1) is 11.4. The number of hydrogen-bond acceptors (Lipinski definition) is 4. The molecule has 0 radical (unpaired) electrons. The van der Waals surface area contributed by atoms with Gasteiger partial charge in [-0.2, -0.15) is 0 Å². The molecule has 7 heteroatoms. The SMILES string of the molecule is CCOC(=O)c1ccc(OC)c(-c2ccccc2OC(F)(F)F)c1. The summed E-state index contributed by atoms with van der Waals surface area (Å²) in [7, 11) is 1.39. The zero-order valence-corrected chi connectivity index (χ0v) is 13.0. The van der Waals surface area contributed by atoms with E-state index in [9.17, 15) is 18.0 Å². The van der Waals surface area contributed by atoms with E-state index in [1.165, 1.54) is 43.5 Å². The molecule has 0 aliphatic carbocycles. The summed E-state index contributed by atoms with van der Waals surface area (Å²) in [5, 5.41) is 0. The van der Waals surface area contributed by atoms with E-state index in [4.69, 9.17) is 9.47 Å². The second kappa shape index (κ2) is 7.25. The Morgan fingerprint density at radius 3 is 2.38 bits per heavy atom. The predicted octanol–water partition coefficient (Wildman–Crippen LogP) is 4.44. The van der Waals surface area contributed by atoms with Gasteiger partial charge in [0.1, 0.15) is 11.5 Å². The highest BCUT2D eigenvalue weighted by molar-refractivity contribution is 5.92. The normalized spacial score (nSPS) is 11.0. The lowest BCUT2D eigenvalue weighted by Crippen LogP contribution is -2.17. The molecule has 24 heavy (non-hydrogen) atoms. The van der Waals surface area contributed by atoms with Gasteiger partial charge >= 0.3 is 12.3 Å². The molecule has 0 atom stereocenters. The Labute approximate surface area is 136 Å². The minimum absolute atomic E-state index is 0.151. The third-order valence-electron chi connectivity index (χ3n) is 3.11. The molecule has 0 unspecified atom stereocenters. The Morgan fingerprint density at radius 1 is 1.04 bits per heavy atom. The maximum atomic E-state index is 12.6. The van der Waals surface area contributed by atoms with Crippen LogP contribution in [0.2, 0.25) is 0 Å². The predicted molar refractivity (Wildman–Crippen MR) is 81.1 cm³/mol. The summed E-state index contributed by atoms with van der Waals surface area (Å²) in [6.45, 7) is 1.85. The van der Waals surface area contributed by atoms with Crippen molar-refractivity contribution >= 4 is 5.97 Å². The summed E-state index contributed by atoms with van der Waals surface area (Å²) in [6.07, 6.45) is -4.83. The van der Waals surface area contributed by atoms with E-state index in [2.05, 4.69) is 4.74 Å². The number of ether oxygens (including phenoxy) is 3. The van der Waals surface area contributed by atoms with Crippen LogP contribution in [0.5, 0.6) is 11.5 Å². The highest BCUT2D eigenvalue weighted by atomic mass is 19.4. The molecule has 0 N–H and O–H groups in total. The smallest absolute Gasteiger partial charge is 0.496 e. The van der Waals surface area contributed by atoms with Crippen LogP contribution in [0.15, 0.2) is 42.5 Å². The van der Waals surface area contributed by atoms with Gasteiger partial charge in [0.25, 0.3) is 0 Å². The van der Waals surface area contributed by atoms with Gasteiger partial charge in [0.05, 0.1) is 19.3 Å². The van der Waals surface area contributed by atoms with E-state index < -0.39 is 12.3 Å². The Hall–Kier alpha value is -2.70. The highest BCUT2D eigenvalue weighted by Gasteiger charge is 2.32. The average Bonchev–Trinajstić information content (AvgIpc) is 2.53. The molecular formula is C17H15F3O4. The van der Waals surface area contributed by atoms with Gasteiger partial charge in [0.15, 0.2) is 0 Å². The Kier molecular flexibility index (Phi) is 5.33. The van der Waals surface area contributed by atoms with E-state index in [-0.39, 0.29) is 23.5 Å². The van der Waals surface area contributed by atoms with Crippen molar-refractivity contribution in [3.63, 3.8) is 0 Å². The number of hydrogen-bond donors (Lipinski definition) is 0. The van der Waals surface area contributed by atoms with E-state index in [0.29, 0.717) is 11.3 Å². The molecule has 0 aliphatic heterocycles. The molecule has 0 saturated heterocycles. The summed E-state index contributed by atoms with van der Waals surface area (Å²) >= 11 is 0. The van der Waals surface area contributed by atoms with Crippen molar-refractivity contribution in [3.8, 4) is 22.6 Å². The summed E-state index contributed by atoms with van der Waals surface area (Å²) in [5.74, 6) is -0.652. The Bertz CT molecular complexity index is 726. The largest absolute Gasteiger partial charge is 0.573 e. The molecule has 0 saturated carbocycles. The first-order valence-electron chi connectivity index (χ1n) is 7.06. The van der Waals surface area contributed by atoms with E-state index in [1.54, 1.807) is 13.0 Å². The zero-order chi connectivity index (χ0) is 17.7. The molecule has 2 rings (SSSR count). The number of benzene rings is 2. The molecule has 4 nitrogen and oxygen atoms in total. The minimum atomic E-state index is -4.83. The van der Waals surface area contributed by atoms with Crippen LogP contribution in [-0.2, 0) is 4.74 Å². The van der Waals surface area contributed by atoms with Crippen LogP contribution in [0.25, 0.3) is 11.1 Å². The third-order valence-corrected chi connectivity index (χ3v) is 3.11. The van der Waals surface area contributed by atoms with Crippen molar-refractivity contribution in [2.45, 2.75) is 13.3 Å². The molecule has 0 fully saturated rings. The van der Waals surface area contributed by atoms with Gasteiger partial charge in [0, 0.05) is 11.1 Å². The Morgan fingerprint density at radius 2 is 1.75 bits per heavy atom. The van der Waals surface area contributed by atoms with Gasteiger partial charge in [-0.05, 0) is 31.2 Å². The molecule has 128 valence electrons.